The van der Waals surface area contributed by atoms with Gasteiger partial charge in [0.2, 0.25) is 0 Å². The van der Waals surface area contributed by atoms with Gasteiger partial charge in [0.25, 0.3) is 0 Å². The lowest BCUT2D eigenvalue weighted by Gasteiger charge is -2.36. The van der Waals surface area contributed by atoms with Gasteiger partial charge in [-0.05, 0) is 49.8 Å². The third kappa shape index (κ3) is 2.91. The van der Waals surface area contributed by atoms with E-state index in [1.165, 1.54) is 0 Å². The molecule has 1 aliphatic carbocycles. The fourth-order valence-corrected chi connectivity index (χ4v) is 2.96. The minimum Gasteiger partial charge on any atom is -0.486 e. The van der Waals surface area contributed by atoms with Gasteiger partial charge in [0.05, 0.1) is 12.2 Å². The fourth-order valence-electron chi connectivity index (χ4n) is 2.96. The Balaban J connectivity index is 1.56. The van der Waals surface area contributed by atoms with Crippen molar-refractivity contribution in [3.63, 3.8) is 0 Å². The molecule has 0 radical (unpaired) electrons. The topological polar surface area (TPSA) is 47.9 Å². The van der Waals surface area contributed by atoms with Crippen LogP contribution in [-0.2, 0) is 4.74 Å². The van der Waals surface area contributed by atoms with Crippen LogP contribution in [0, 0.1) is 5.92 Å². The molecule has 4 nitrogen and oxygen atoms in total. The molecule has 1 heterocycles. The predicted molar refractivity (Wildman–Crippen MR) is 75.1 cm³/mol. The number of ether oxygens (including phenoxy) is 3. The van der Waals surface area contributed by atoms with Crippen LogP contribution < -0.4 is 9.47 Å². The Labute approximate surface area is 119 Å². The highest BCUT2D eigenvalue weighted by Gasteiger charge is 2.31. The van der Waals surface area contributed by atoms with Crippen LogP contribution in [0.3, 0.4) is 0 Å². The molecular weight excluding hydrogens is 256 g/mol. The number of hydrogen-bond donors (Lipinski definition) is 1. The lowest BCUT2D eigenvalue weighted by Crippen LogP contribution is -2.32. The van der Waals surface area contributed by atoms with Crippen molar-refractivity contribution in [2.24, 2.45) is 5.92 Å². The molecule has 0 saturated heterocycles. The molecule has 1 unspecified atom stereocenters. The van der Waals surface area contributed by atoms with Gasteiger partial charge >= 0.3 is 0 Å². The van der Waals surface area contributed by atoms with E-state index in [4.69, 9.17) is 14.2 Å². The van der Waals surface area contributed by atoms with Crippen molar-refractivity contribution in [1.82, 2.24) is 0 Å². The number of aliphatic hydroxyl groups is 1. The second-order valence-corrected chi connectivity index (χ2v) is 5.57. The molecule has 1 aliphatic heterocycles. The molecule has 0 aromatic heterocycles. The first-order valence-electron chi connectivity index (χ1n) is 7.45. The molecule has 110 valence electrons. The second-order valence-electron chi connectivity index (χ2n) is 5.57. The second kappa shape index (κ2) is 6.02. The van der Waals surface area contributed by atoms with Crippen molar-refractivity contribution in [1.29, 1.82) is 0 Å². The van der Waals surface area contributed by atoms with Gasteiger partial charge in [-0.3, -0.25) is 0 Å². The monoisotopic (exact) mass is 278 g/mol. The standard InChI is InChI=1S/C16H22O4/c1-2-18-13-7-11(8-13)9-14(17)12-3-4-15-16(10-12)20-6-5-19-15/h3-4,10-11,13-14,17H,2,5-9H2,1H3. The summed E-state index contributed by atoms with van der Waals surface area (Å²) in [7, 11) is 0. The van der Waals surface area contributed by atoms with Crippen molar-refractivity contribution >= 4 is 0 Å². The van der Waals surface area contributed by atoms with Crippen molar-refractivity contribution < 1.29 is 19.3 Å². The van der Waals surface area contributed by atoms with E-state index in [0.717, 1.165) is 42.9 Å². The zero-order chi connectivity index (χ0) is 13.9. The summed E-state index contributed by atoms with van der Waals surface area (Å²) < 4.78 is 16.6. The van der Waals surface area contributed by atoms with Crippen LogP contribution in [0.1, 0.15) is 37.9 Å². The Morgan fingerprint density at radius 2 is 2.00 bits per heavy atom. The van der Waals surface area contributed by atoms with E-state index in [1.807, 2.05) is 25.1 Å². The van der Waals surface area contributed by atoms with Crippen LogP contribution in [-0.4, -0.2) is 31.0 Å². The first-order chi connectivity index (χ1) is 9.76. The molecule has 3 rings (SSSR count). The summed E-state index contributed by atoms with van der Waals surface area (Å²) in [5.74, 6) is 2.08. The molecule has 4 heteroatoms. The van der Waals surface area contributed by atoms with Crippen molar-refractivity contribution in [2.45, 2.75) is 38.4 Å². The van der Waals surface area contributed by atoms with E-state index in [-0.39, 0.29) is 0 Å². The molecule has 1 saturated carbocycles. The average molecular weight is 278 g/mol. The third-order valence-electron chi connectivity index (χ3n) is 4.10. The normalized spacial score (nSPS) is 25.9. The maximum atomic E-state index is 10.3. The molecule has 0 spiro atoms. The molecule has 0 amide bonds. The lowest BCUT2D eigenvalue weighted by molar-refractivity contribution is -0.0380. The van der Waals surface area contributed by atoms with Crippen LogP contribution in [0.5, 0.6) is 11.5 Å². The maximum absolute atomic E-state index is 10.3. The van der Waals surface area contributed by atoms with Crippen LogP contribution in [0.15, 0.2) is 18.2 Å². The Kier molecular flexibility index (Phi) is 4.13. The van der Waals surface area contributed by atoms with Gasteiger partial charge in [-0.15, -0.1) is 0 Å². The third-order valence-corrected chi connectivity index (χ3v) is 4.10. The van der Waals surface area contributed by atoms with Gasteiger partial charge in [0.15, 0.2) is 11.5 Å². The number of hydrogen-bond acceptors (Lipinski definition) is 4. The summed E-state index contributed by atoms with van der Waals surface area (Å²) in [6.07, 6.45) is 2.89. The van der Waals surface area contributed by atoms with E-state index in [0.29, 0.717) is 25.2 Å². The summed E-state index contributed by atoms with van der Waals surface area (Å²) in [6, 6.07) is 5.71. The summed E-state index contributed by atoms with van der Waals surface area (Å²) >= 11 is 0. The van der Waals surface area contributed by atoms with Gasteiger partial charge in [0.1, 0.15) is 13.2 Å². The van der Waals surface area contributed by atoms with Gasteiger partial charge < -0.3 is 19.3 Å². The first-order valence-corrected chi connectivity index (χ1v) is 7.45. The highest BCUT2D eigenvalue weighted by Crippen LogP contribution is 2.39. The van der Waals surface area contributed by atoms with E-state index in [1.54, 1.807) is 0 Å². The fraction of sp³-hybridized carbons (Fsp3) is 0.625. The SMILES string of the molecule is CCOC1CC(CC(O)c2ccc3c(c2)OCCO3)C1. The van der Waals surface area contributed by atoms with Gasteiger partial charge in [0, 0.05) is 6.61 Å². The minimum atomic E-state index is -0.432. The van der Waals surface area contributed by atoms with E-state index in [9.17, 15) is 5.11 Å². The molecule has 1 N–H and O–H groups in total. The maximum Gasteiger partial charge on any atom is 0.161 e. The highest BCUT2D eigenvalue weighted by molar-refractivity contribution is 5.44. The Hall–Kier alpha value is -1.26. The molecule has 0 bridgehead atoms. The zero-order valence-corrected chi connectivity index (χ0v) is 11.9. The van der Waals surface area contributed by atoms with Crippen molar-refractivity contribution in [3.8, 4) is 11.5 Å². The van der Waals surface area contributed by atoms with Gasteiger partial charge in [-0.25, -0.2) is 0 Å². The van der Waals surface area contributed by atoms with Crippen molar-refractivity contribution in [3.05, 3.63) is 23.8 Å². The molecule has 2 aliphatic rings. The summed E-state index contributed by atoms with van der Waals surface area (Å²) in [4.78, 5) is 0. The molecule has 1 aromatic rings. The van der Waals surface area contributed by atoms with Gasteiger partial charge in [-0.1, -0.05) is 6.07 Å². The van der Waals surface area contributed by atoms with Crippen LogP contribution in [0.4, 0.5) is 0 Å². The average Bonchev–Trinajstić information content (AvgIpc) is 2.44. The van der Waals surface area contributed by atoms with Crippen LogP contribution >= 0.6 is 0 Å². The quantitative estimate of drug-likeness (QED) is 0.899. The summed E-state index contributed by atoms with van der Waals surface area (Å²) in [6.45, 7) is 3.97. The number of fused-ring (bicyclic) bond motifs is 1. The van der Waals surface area contributed by atoms with Crippen LogP contribution in [0.2, 0.25) is 0 Å². The largest absolute Gasteiger partial charge is 0.486 e. The Morgan fingerprint density at radius 1 is 1.25 bits per heavy atom. The predicted octanol–water partition coefficient (Wildman–Crippen LogP) is 2.70. The molecule has 1 aromatic carbocycles. The zero-order valence-electron chi connectivity index (χ0n) is 11.9. The first kappa shape index (κ1) is 13.7. The van der Waals surface area contributed by atoms with E-state index < -0.39 is 6.10 Å². The highest BCUT2D eigenvalue weighted by atomic mass is 16.6. The molecular formula is C16H22O4. The molecule has 1 atom stereocenters. The van der Waals surface area contributed by atoms with Crippen molar-refractivity contribution in [2.75, 3.05) is 19.8 Å². The molecule has 1 fully saturated rings. The Morgan fingerprint density at radius 3 is 2.75 bits per heavy atom. The van der Waals surface area contributed by atoms with E-state index in [2.05, 4.69) is 0 Å². The lowest BCUT2D eigenvalue weighted by atomic mass is 9.78. The summed E-state index contributed by atoms with van der Waals surface area (Å²) in [5.41, 5.74) is 0.911. The minimum absolute atomic E-state index is 0.400. The number of aliphatic hydroxyl groups excluding tert-OH is 1. The number of rotatable bonds is 5. The molecule has 20 heavy (non-hydrogen) atoms. The van der Waals surface area contributed by atoms with Crippen LogP contribution in [0.25, 0.3) is 0 Å². The van der Waals surface area contributed by atoms with Gasteiger partial charge in [-0.2, -0.15) is 0 Å². The Bertz CT molecular complexity index is 454. The number of benzene rings is 1. The van der Waals surface area contributed by atoms with E-state index >= 15 is 0 Å². The smallest absolute Gasteiger partial charge is 0.161 e. The summed E-state index contributed by atoms with van der Waals surface area (Å²) in [5, 5.41) is 10.3.